The predicted molar refractivity (Wildman–Crippen MR) is 94.9 cm³/mol. The highest BCUT2D eigenvalue weighted by molar-refractivity contribution is 6.03. The van der Waals surface area contributed by atoms with E-state index in [9.17, 15) is 18.0 Å². The van der Waals surface area contributed by atoms with Crippen LogP contribution in [0.1, 0.15) is 23.0 Å². The summed E-state index contributed by atoms with van der Waals surface area (Å²) in [6, 6.07) is 12.4. The summed E-state index contributed by atoms with van der Waals surface area (Å²) in [5.74, 6) is -0.180. The van der Waals surface area contributed by atoms with Gasteiger partial charge in [0.15, 0.2) is 5.69 Å². The summed E-state index contributed by atoms with van der Waals surface area (Å²) in [4.78, 5) is 16.2. The van der Waals surface area contributed by atoms with Crippen LogP contribution in [-0.4, -0.2) is 20.7 Å². The number of rotatable bonds is 4. The van der Waals surface area contributed by atoms with Crippen LogP contribution in [0.3, 0.4) is 0 Å². The number of nitrogens with zero attached hydrogens (tertiary/aromatic N) is 3. The first-order chi connectivity index (χ1) is 12.8. The minimum absolute atomic E-state index is 0.0100. The molecule has 3 N–H and O–H groups in total. The number of nitrogens with two attached hydrogens (primary N) is 1. The summed E-state index contributed by atoms with van der Waals surface area (Å²) in [6.07, 6.45) is -4.55. The second-order valence-corrected chi connectivity index (χ2v) is 5.68. The number of aryl methyl sites for hydroxylation is 1. The minimum Gasteiger partial charge on any atom is -0.383 e. The maximum atomic E-state index is 12.9. The van der Waals surface area contributed by atoms with Gasteiger partial charge in [-0.1, -0.05) is 18.2 Å². The Bertz CT molecular complexity index is 967. The van der Waals surface area contributed by atoms with Crippen molar-refractivity contribution in [2.75, 3.05) is 11.1 Å². The molecule has 0 atom stereocenters. The summed E-state index contributed by atoms with van der Waals surface area (Å²) in [5, 5.41) is 6.17. The van der Waals surface area contributed by atoms with Crippen LogP contribution in [0, 0.1) is 0 Å². The Hall–Kier alpha value is -3.36. The number of pyridine rings is 1. The Labute approximate surface area is 152 Å². The van der Waals surface area contributed by atoms with E-state index >= 15 is 0 Å². The Morgan fingerprint density at radius 3 is 2.48 bits per heavy atom. The lowest BCUT2D eigenvalue weighted by molar-refractivity contribution is -0.141. The number of aromatic nitrogens is 3. The van der Waals surface area contributed by atoms with Gasteiger partial charge >= 0.3 is 6.18 Å². The van der Waals surface area contributed by atoms with Crippen LogP contribution in [-0.2, 0) is 12.7 Å². The first kappa shape index (κ1) is 18.4. The summed E-state index contributed by atoms with van der Waals surface area (Å²) >= 11 is 0. The van der Waals surface area contributed by atoms with Gasteiger partial charge in [0.25, 0.3) is 5.91 Å². The van der Waals surface area contributed by atoms with Crippen LogP contribution in [0.5, 0.6) is 0 Å². The molecule has 0 aliphatic carbocycles. The van der Waals surface area contributed by atoms with Crippen LogP contribution in [0.25, 0.3) is 11.3 Å². The van der Waals surface area contributed by atoms with Crippen molar-refractivity contribution in [2.24, 2.45) is 0 Å². The van der Waals surface area contributed by atoms with E-state index in [2.05, 4.69) is 15.4 Å². The lowest BCUT2D eigenvalue weighted by atomic mass is 10.1. The van der Waals surface area contributed by atoms with Crippen molar-refractivity contribution < 1.29 is 18.0 Å². The van der Waals surface area contributed by atoms with E-state index in [-0.39, 0.29) is 29.8 Å². The zero-order chi connectivity index (χ0) is 19.6. The Kier molecular flexibility index (Phi) is 4.85. The molecule has 0 unspecified atom stereocenters. The molecule has 0 saturated carbocycles. The molecular formula is C18H16F3N5O. The maximum absolute atomic E-state index is 12.9. The predicted octanol–water partition coefficient (Wildman–Crippen LogP) is 3.82. The van der Waals surface area contributed by atoms with E-state index in [0.717, 1.165) is 6.07 Å². The summed E-state index contributed by atoms with van der Waals surface area (Å²) < 4.78 is 40.0. The number of benzene rings is 1. The highest BCUT2D eigenvalue weighted by Crippen LogP contribution is 2.33. The molecule has 3 rings (SSSR count). The molecule has 0 fully saturated rings. The van der Waals surface area contributed by atoms with Gasteiger partial charge in [-0.3, -0.25) is 9.48 Å². The first-order valence-corrected chi connectivity index (χ1v) is 8.08. The van der Waals surface area contributed by atoms with Crippen molar-refractivity contribution in [3.8, 4) is 11.3 Å². The fraction of sp³-hybridized carbons (Fsp3) is 0.167. The number of amides is 1. The van der Waals surface area contributed by atoms with E-state index in [1.54, 1.807) is 37.3 Å². The number of nitrogens with one attached hydrogen (secondary N) is 1. The molecular weight excluding hydrogens is 359 g/mol. The van der Waals surface area contributed by atoms with Crippen molar-refractivity contribution in [3.63, 3.8) is 0 Å². The number of hydrogen-bond acceptors (Lipinski definition) is 4. The monoisotopic (exact) mass is 375 g/mol. The van der Waals surface area contributed by atoms with Gasteiger partial charge in [0.2, 0.25) is 0 Å². The molecule has 9 heteroatoms. The average Bonchev–Trinajstić information content (AvgIpc) is 3.07. The topological polar surface area (TPSA) is 85.8 Å². The van der Waals surface area contributed by atoms with Gasteiger partial charge in [-0.2, -0.15) is 18.3 Å². The third-order valence-corrected chi connectivity index (χ3v) is 3.85. The Morgan fingerprint density at radius 2 is 1.89 bits per heavy atom. The lowest BCUT2D eigenvalue weighted by Crippen LogP contribution is -2.13. The van der Waals surface area contributed by atoms with Gasteiger partial charge in [0, 0.05) is 17.7 Å². The zero-order valence-corrected chi connectivity index (χ0v) is 14.3. The van der Waals surface area contributed by atoms with Gasteiger partial charge in [0.1, 0.15) is 11.6 Å². The maximum Gasteiger partial charge on any atom is 0.435 e. The second-order valence-electron chi connectivity index (χ2n) is 5.68. The molecule has 6 nitrogen and oxygen atoms in total. The normalized spacial score (nSPS) is 11.4. The lowest BCUT2D eigenvalue weighted by Gasteiger charge is -2.10. The van der Waals surface area contributed by atoms with Crippen LogP contribution >= 0.6 is 0 Å². The number of hydrogen-bond donors (Lipinski definition) is 2. The van der Waals surface area contributed by atoms with Crippen LogP contribution < -0.4 is 11.1 Å². The van der Waals surface area contributed by atoms with Crippen molar-refractivity contribution >= 4 is 17.5 Å². The molecule has 1 aromatic carbocycles. The zero-order valence-electron chi connectivity index (χ0n) is 14.3. The van der Waals surface area contributed by atoms with E-state index in [1.165, 1.54) is 16.8 Å². The summed E-state index contributed by atoms with van der Waals surface area (Å²) in [6.45, 7) is 1.91. The third kappa shape index (κ3) is 3.91. The molecule has 0 bridgehead atoms. The number of carbonyl (C=O) groups is 1. The molecule has 0 aliphatic heterocycles. The van der Waals surface area contributed by atoms with Crippen LogP contribution in [0.2, 0.25) is 0 Å². The van der Waals surface area contributed by atoms with Crippen molar-refractivity contribution in [1.82, 2.24) is 14.8 Å². The quantitative estimate of drug-likeness (QED) is 0.726. The Morgan fingerprint density at radius 1 is 1.19 bits per heavy atom. The summed E-state index contributed by atoms with van der Waals surface area (Å²) in [7, 11) is 0. The van der Waals surface area contributed by atoms with Crippen molar-refractivity contribution in [1.29, 1.82) is 0 Å². The molecule has 0 saturated heterocycles. The van der Waals surface area contributed by atoms with E-state index in [1.807, 2.05) is 0 Å². The van der Waals surface area contributed by atoms with Crippen LogP contribution in [0.4, 0.5) is 24.8 Å². The molecule has 3 aromatic rings. The largest absolute Gasteiger partial charge is 0.435 e. The minimum atomic E-state index is -4.55. The average molecular weight is 375 g/mol. The second kappa shape index (κ2) is 7.10. The standard InChI is InChI=1S/C18H16F3N5O/c1-2-26-13(10-14(25-26)18(19,20)21)12-8-9-15(23-16(12)22)24-17(27)11-6-4-3-5-7-11/h3-10H,2H2,1H3,(H3,22,23,24,27). The fourth-order valence-electron chi connectivity index (χ4n) is 2.55. The number of anilines is 2. The number of alkyl halides is 3. The summed E-state index contributed by atoms with van der Waals surface area (Å²) in [5.41, 5.74) is 5.88. The van der Waals surface area contributed by atoms with Crippen molar-refractivity contribution in [3.05, 3.63) is 59.8 Å². The molecule has 0 radical (unpaired) electrons. The first-order valence-electron chi connectivity index (χ1n) is 8.08. The Balaban J connectivity index is 1.89. The molecule has 27 heavy (non-hydrogen) atoms. The molecule has 140 valence electrons. The van der Waals surface area contributed by atoms with Gasteiger partial charge in [-0.15, -0.1) is 0 Å². The van der Waals surface area contributed by atoms with Gasteiger partial charge in [0.05, 0.1) is 5.69 Å². The number of halogens is 3. The van der Waals surface area contributed by atoms with Crippen LogP contribution in [0.15, 0.2) is 48.5 Å². The fourth-order valence-corrected chi connectivity index (χ4v) is 2.55. The highest BCUT2D eigenvalue weighted by Gasteiger charge is 2.35. The van der Waals surface area contributed by atoms with Gasteiger partial charge in [-0.05, 0) is 37.3 Å². The smallest absolute Gasteiger partial charge is 0.383 e. The van der Waals surface area contributed by atoms with E-state index in [0.29, 0.717) is 11.1 Å². The number of carbonyl (C=O) groups excluding carboxylic acids is 1. The number of nitrogen functional groups attached to an aromatic ring is 1. The SMILES string of the molecule is CCn1nc(C(F)(F)F)cc1-c1ccc(NC(=O)c2ccccc2)nc1N. The van der Waals surface area contributed by atoms with Gasteiger partial charge in [-0.25, -0.2) is 4.98 Å². The molecule has 2 aromatic heterocycles. The molecule has 2 heterocycles. The van der Waals surface area contributed by atoms with E-state index < -0.39 is 11.9 Å². The molecule has 1 amide bonds. The van der Waals surface area contributed by atoms with Crippen molar-refractivity contribution in [2.45, 2.75) is 19.6 Å². The molecule has 0 aliphatic rings. The highest BCUT2D eigenvalue weighted by atomic mass is 19.4. The third-order valence-electron chi connectivity index (χ3n) is 3.85. The van der Waals surface area contributed by atoms with E-state index in [4.69, 9.17) is 5.73 Å². The van der Waals surface area contributed by atoms with Gasteiger partial charge < -0.3 is 11.1 Å². The molecule has 0 spiro atoms.